The lowest BCUT2D eigenvalue weighted by Crippen LogP contribution is -2.47. The molecule has 0 saturated carbocycles. The van der Waals surface area contributed by atoms with E-state index >= 15 is 0 Å². The molecule has 37 heavy (non-hydrogen) atoms. The van der Waals surface area contributed by atoms with Gasteiger partial charge in [0, 0.05) is 58.6 Å². The zero-order chi connectivity index (χ0) is 25.9. The molecule has 12 nitrogen and oxygen atoms in total. The van der Waals surface area contributed by atoms with Crippen molar-refractivity contribution in [3.63, 3.8) is 0 Å². The summed E-state index contributed by atoms with van der Waals surface area (Å²) in [7, 11) is 5.43. The number of nitrogens with zero attached hydrogens (tertiary/aromatic N) is 7. The van der Waals surface area contributed by atoms with Gasteiger partial charge in [-0.05, 0) is 29.8 Å². The highest BCUT2D eigenvalue weighted by Gasteiger charge is 2.20. The third-order valence-corrected chi connectivity index (χ3v) is 6.29. The monoisotopic (exact) mass is 503 g/mol. The molecule has 5 rings (SSSR count). The summed E-state index contributed by atoms with van der Waals surface area (Å²) in [4.78, 5) is 37.9. The van der Waals surface area contributed by atoms with Crippen LogP contribution in [0.15, 0.2) is 42.9 Å². The summed E-state index contributed by atoms with van der Waals surface area (Å²) in [5, 5.41) is 12.4. The van der Waals surface area contributed by atoms with Crippen molar-refractivity contribution in [1.82, 2.24) is 34.7 Å². The number of hydrogen-bond acceptors (Lipinski definition) is 9. The number of piperazine rings is 1. The van der Waals surface area contributed by atoms with Crippen molar-refractivity contribution >= 4 is 34.7 Å². The van der Waals surface area contributed by atoms with Gasteiger partial charge in [0.1, 0.15) is 17.8 Å². The number of fused-ring (bicyclic) bond motifs is 1. The molecule has 12 heteroatoms. The maximum atomic E-state index is 11.1. The predicted molar refractivity (Wildman–Crippen MR) is 140 cm³/mol. The number of nitrogens with one attached hydrogen (secondary N) is 2. The summed E-state index contributed by atoms with van der Waals surface area (Å²) >= 11 is 0. The lowest BCUT2D eigenvalue weighted by atomic mass is 10.1. The second-order valence-corrected chi connectivity index (χ2v) is 9.01. The van der Waals surface area contributed by atoms with Crippen molar-refractivity contribution in [2.45, 2.75) is 6.54 Å². The van der Waals surface area contributed by atoms with Crippen molar-refractivity contribution in [1.29, 1.82) is 0 Å². The van der Waals surface area contributed by atoms with Gasteiger partial charge >= 0.3 is 6.09 Å². The Morgan fingerprint density at radius 1 is 1.14 bits per heavy atom. The second kappa shape index (κ2) is 10.3. The fourth-order valence-corrected chi connectivity index (χ4v) is 4.41. The maximum absolute atomic E-state index is 11.1. The number of H-pyrrole nitrogens is 1. The van der Waals surface area contributed by atoms with E-state index in [-0.39, 0.29) is 0 Å². The van der Waals surface area contributed by atoms with Crippen LogP contribution in [0.5, 0.6) is 5.75 Å². The van der Waals surface area contributed by atoms with Crippen molar-refractivity contribution < 1.29 is 14.6 Å². The number of methoxy groups -OCH3 is 1. The number of carboxylic acid groups (broad SMARTS) is 1. The van der Waals surface area contributed by atoms with E-state index in [1.54, 1.807) is 13.3 Å². The van der Waals surface area contributed by atoms with Gasteiger partial charge < -0.3 is 29.9 Å². The first kappa shape index (κ1) is 24.3. The zero-order valence-electron chi connectivity index (χ0n) is 21.0. The van der Waals surface area contributed by atoms with Crippen LogP contribution in [0.4, 0.5) is 22.4 Å². The van der Waals surface area contributed by atoms with Gasteiger partial charge in [-0.2, -0.15) is 0 Å². The third-order valence-electron chi connectivity index (χ3n) is 6.29. The first-order valence-corrected chi connectivity index (χ1v) is 11.9. The molecule has 3 aromatic heterocycles. The van der Waals surface area contributed by atoms with Gasteiger partial charge in [0.05, 0.1) is 18.1 Å². The number of imidazole rings is 1. The van der Waals surface area contributed by atoms with Crippen molar-refractivity contribution in [2.24, 2.45) is 0 Å². The standard InChI is InChI=1S/C25H29N9O3/c1-32(2)23-22(37-3)21(27-15-28-23)17-4-5-18-19(13-17)30-24(29-18)31-20-12-16(6-7-26-20)14-33-8-10-34(11-9-33)25(35)36/h4-7,12-13,15H,8-11,14H2,1-3H3,(H,35,36)(H2,26,29,30,31). The Balaban J connectivity index is 1.32. The summed E-state index contributed by atoms with van der Waals surface area (Å²) in [6.45, 7) is 3.17. The smallest absolute Gasteiger partial charge is 0.407 e. The second-order valence-electron chi connectivity index (χ2n) is 9.01. The zero-order valence-corrected chi connectivity index (χ0v) is 21.0. The summed E-state index contributed by atoms with van der Waals surface area (Å²) in [5.41, 5.74) is 4.32. The van der Waals surface area contributed by atoms with E-state index < -0.39 is 6.09 Å². The average molecular weight is 504 g/mol. The van der Waals surface area contributed by atoms with E-state index in [1.807, 2.05) is 49.3 Å². The van der Waals surface area contributed by atoms with Gasteiger partial charge in [0.15, 0.2) is 11.6 Å². The number of hydrogen-bond donors (Lipinski definition) is 3. The summed E-state index contributed by atoms with van der Waals surface area (Å²) < 4.78 is 5.62. The molecule has 0 unspecified atom stereocenters. The highest BCUT2D eigenvalue weighted by atomic mass is 16.5. The van der Waals surface area contributed by atoms with Gasteiger partial charge in [0.2, 0.25) is 5.95 Å². The minimum Gasteiger partial charge on any atom is -0.491 e. The Kier molecular flexibility index (Phi) is 6.73. The largest absolute Gasteiger partial charge is 0.491 e. The molecule has 3 N–H and O–H groups in total. The minimum atomic E-state index is -0.859. The Morgan fingerprint density at radius 2 is 1.95 bits per heavy atom. The van der Waals surface area contributed by atoms with E-state index in [4.69, 9.17) is 9.84 Å². The molecule has 1 aromatic carbocycles. The van der Waals surface area contributed by atoms with E-state index in [0.717, 1.165) is 28.7 Å². The fourth-order valence-electron chi connectivity index (χ4n) is 4.41. The molecule has 0 spiro atoms. The van der Waals surface area contributed by atoms with E-state index in [9.17, 15) is 4.79 Å². The topological polar surface area (TPSA) is 136 Å². The molecular weight excluding hydrogens is 474 g/mol. The van der Waals surface area contributed by atoms with Gasteiger partial charge in [-0.1, -0.05) is 6.07 Å². The number of amides is 1. The van der Waals surface area contributed by atoms with Crippen molar-refractivity contribution in [3.8, 4) is 17.0 Å². The van der Waals surface area contributed by atoms with Crippen LogP contribution in [0.3, 0.4) is 0 Å². The van der Waals surface area contributed by atoms with Gasteiger partial charge in [0.25, 0.3) is 0 Å². The van der Waals surface area contributed by atoms with Crippen LogP contribution in [0.25, 0.3) is 22.3 Å². The first-order valence-electron chi connectivity index (χ1n) is 11.9. The van der Waals surface area contributed by atoms with Crippen molar-refractivity contribution in [2.75, 3.05) is 57.6 Å². The van der Waals surface area contributed by atoms with Gasteiger partial charge in [-0.3, -0.25) is 4.90 Å². The van der Waals surface area contributed by atoms with Crippen LogP contribution in [0.1, 0.15) is 5.56 Å². The molecule has 1 saturated heterocycles. The van der Waals surface area contributed by atoms with Crippen LogP contribution in [0, 0.1) is 0 Å². The lowest BCUT2D eigenvalue weighted by molar-refractivity contribution is 0.103. The predicted octanol–water partition coefficient (Wildman–Crippen LogP) is 3.03. The highest BCUT2D eigenvalue weighted by Crippen LogP contribution is 2.35. The maximum Gasteiger partial charge on any atom is 0.407 e. The molecule has 4 aromatic rings. The van der Waals surface area contributed by atoms with E-state index in [0.29, 0.717) is 55.2 Å². The third kappa shape index (κ3) is 5.23. The highest BCUT2D eigenvalue weighted by molar-refractivity contribution is 5.85. The molecule has 0 radical (unpaired) electrons. The molecular formula is C25H29N9O3. The van der Waals surface area contributed by atoms with E-state index in [1.165, 1.54) is 11.2 Å². The van der Waals surface area contributed by atoms with Crippen LogP contribution in [0.2, 0.25) is 0 Å². The quantitative estimate of drug-likeness (QED) is 0.345. The summed E-state index contributed by atoms with van der Waals surface area (Å²) in [5.74, 6) is 2.56. The number of rotatable bonds is 7. The summed E-state index contributed by atoms with van der Waals surface area (Å²) in [6, 6.07) is 9.83. The Labute approximate surface area is 213 Å². The molecule has 1 amide bonds. The number of ether oxygens (including phenoxy) is 1. The Morgan fingerprint density at radius 3 is 2.68 bits per heavy atom. The molecule has 0 atom stereocenters. The molecule has 4 heterocycles. The molecule has 0 aliphatic carbocycles. The Bertz CT molecular complexity index is 1410. The number of benzene rings is 1. The van der Waals surface area contributed by atoms with Crippen LogP contribution >= 0.6 is 0 Å². The Hall–Kier alpha value is -4.45. The SMILES string of the molecule is COc1c(-c2ccc3nc(Nc4cc(CN5CCN(C(=O)O)CC5)ccn4)[nH]c3c2)ncnc1N(C)C. The van der Waals surface area contributed by atoms with Gasteiger partial charge in [-0.25, -0.2) is 24.7 Å². The molecule has 1 aliphatic rings. The number of carbonyl (C=O) groups is 1. The molecule has 1 aliphatic heterocycles. The minimum absolute atomic E-state index is 0.518. The molecule has 192 valence electrons. The number of pyridine rings is 1. The van der Waals surface area contributed by atoms with E-state index in [2.05, 4.69) is 35.1 Å². The number of aromatic nitrogens is 5. The van der Waals surface area contributed by atoms with Crippen LogP contribution < -0.4 is 15.0 Å². The lowest BCUT2D eigenvalue weighted by Gasteiger charge is -2.33. The van der Waals surface area contributed by atoms with Crippen LogP contribution in [-0.2, 0) is 6.54 Å². The number of aromatic amines is 1. The first-order chi connectivity index (χ1) is 17.9. The van der Waals surface area contributed by atoms with Gasteiger partial charge in [-0.15, -0.1) is 0 Å². The average Bonchev–Trinajstić information content (AvgIpc) is 3.30. The summed E-state index contributed by atoms with van der Waals surface area (Å²) in [6.07, 6.45) is 2.43. The fraction of sp³-hybridized carbons (Fsp3) is 0.320. The van der Waals surface area contributed by atoms with Crippen LogP contribution in [-0.4, -0.2) is 93.3 Å². The molecule has 0 bridgehead atoms. The molecule has 1 fully saturated rings. The van der Waals surface area contributed by atoms with Crippen molar-refractivity contribution in [3.05, 3.63) is 48.4 Å². The number of anilines is 3. The normalized spacial score (nSPS) is 14.1.